The normalized spacial score (nSPS) is 31.9. The second kappa shape index (κ2) is 3.21. The van der Waals surface area contributed by atoms with Gasteiger partial charge in [0.1, 0.15) is 5.75 Å². The Bertz CT molecular complexity index is 475. The Hall–Kier alpha value is -1.57. The molecule has 3 atom stereocenters. The van der Waals surface area contributed by atoms with Gasteiger partial charge in [-0.25, -0.2) is 0 Å². The van der Waals surface area contributed by atoms with Crippen LogP contribution in [0.3, 0.4) is 0 Å². The second-order valence-electron chi connectivity index (χ2n) is 4.74. The minimum absolute atomic E-state index is 0.0256. The minimum atomic E-state index is -0.0881. The van der Waals surface area contributed by atoms with E-state index in [1.165, 1.54) is 5.57 Å². The summed E-state index contributed by atoms with van der Waals surface area (Å²) in [6.07, 6.45) is 0.915. The Morgan fingerprint density at radius 2 is 2.12 bits per heavy atom. The van der Waals surface area contributed by atoms with E-state index < -0.39 is 0 Å². The van der Waals surface area contributed by atoms with Crippen molar-refractivity contribution in [2.24, 2.45) is 11.8 Å². The molecule has 1 aromatic carbocycles. The molecule has 0 bridgehead atoms. The molecule has 0 saturated heterocycles. The van der Waals surface area contributed by atoms with Crippen molar-refractivity contribution in [1.29, 1.82) is 0 Å². The number of hydrogen-bond donors (Lipinski definition) is 0. The summed E-state index contributed by atoms with van der Waals surface area (Å²) in [6, 6.07) is 7.83. The maximum atomic E-state index is 11.9. The summed E-state index contributed by atoms with van der Waals surface area (Å²) in [5.41, 5.74) is 2.33. The Labute approximate surface area is 94.9 Å². The van der Waals surface area contributed by atoms with E-state index in [0.29, 0.717) is 0 Å². The van der Waals surface area contributed by atoms with Crippen LogP contribution in [-0.2, 0) is 4.79 Å². The molecule has 2 nitrogen and oxygen atoms in total. The van der Waals surface area contributed by atoms with Crippen molar-refractivity contribution in [1.82, 2.24) is 0 Å². The first-order valence-corrected chi connectivity index (χ1v) is 5.67. The van der Waals surface area contributed by atoms with Crippen LogP contribution in [0, 0.1) is 11.8 Å². The highest BCUT2D eigenvalue weighted by Gasteiger charge is 2.46. The molecule has 82 valence electrons. The Morgan fingerprint density at radius 3 is 2.94 bits per heavy atom. The number of carbonyl (C=O) groups excluding carboxylic acids is 1. The monoisotopic (exact) mass is 214 g/mol. The molecule has 1 aliphatic carbocycles. The molecule has 2 heteroatoms. The lowest BCUT2D eigenvalue weighted by atomic mass is 9.83. The van der Waals surface area contributed by atoms with Crippen LogP contribution in [0.1, 0.15) is 24.8 Å². The molecule has 2 aliphatic rings. The predicted octanol–water partition coefficient (Wildman–Crippen LogP) is 2.90. The van der Waals surface area contributed by atoms with E-state index in [2.05, 4.69) is 19.6 Å². The fourth-order valence-corrected chi connectivity index (χ4v) is 2.93. The van der Waals surface area contributed by atoms with Gasteiger partial charge in [0.15, 0.2) is 0 Å². The van der Waals surface area contributed by atoms with E-state index >= 15 is 0 Å². The van der Waals surface area contributed by atoms with E-state index in [1.54, 1.807) is 0 Å². The third-order valence-corrected chi connectivity index (χ3v) is 3.90. The lowest BCUT2D eigenvalue weighted by Crippen LogP contribution is -2.31. The van der Waals surface area contributed by atoms with E-state index in [9.17, 15) is 4.79 Å². The van der Waals surface area contributed by atoms with Gasteiger partial charge < -0.3 is 4.74 Å². The highest BCUT2D eigenvalue weighted by molar-refractivity contribution is 5.81. The molecular weight excluding hydrogens is 200 g/mol. The summed E-state index contributed by atoms with van der Waals surface area (Å²) in [7, 11) is 0. The van der Waals surface area contributed by atoms with Crippen molar-refractivity contribution in [2.75, 3.05) is 0 Å². The van der Waals surface area contributed by atoms with Gasteiger partial charge in [0, 0.05) is 5.92 Å². The van der Waals surface area contributed by atoms with Crippen LogP contribution in [0.25, 0.3) is 0 Å². The largest absolute Gasteiger partial charge is 0.426 e. The molecule has 1 fully saturated rings. The molecule has 3 rings (SSSR count). The van der Waals surface area contributed by atoms with Gasteiger partial charge in [-0.1, -0.05) is 37.3 Å². The van der Waals surface area contributed by atoms with Crippen molar-refractivity contribution in [3.8, 4) is 5.75 Å². The SMILES string of the molecule is C=C1CC2c3ccccc3OC(=O)C2C1C. The van der Waals surface area contributed by atoms with Crippen LogP contribution >= 0.6 is 0 Å². The van der Waals surface area contributed by atoms with Crippen molar-refractivity contribution in [2.45, 2.75) is 19.3 Å². The molecule has 1 saturated carbocycles. The topological polar surface area (TPSA) is 26.3 Å². The van der Waals surface area contributed by atoms with Crippen LogP contribution in [0.5, 0.6) is 5.75 Å². The number of carbonyl (C=O) groups is 1. The first kappa shape index (κ1) is 9.64. The van der Waals surface area contributed by atoms with Gasteiger partial charge >= 0.3 is 5.97 Å². The van der Waals surface area contributed by atoms with Crippen LogP contribution in [0.15, 0.2) is 36.4 Å². The molecule has 0 N–H and O–H groups in total. The van der Waals surface area contributed by atoms with E-state index in [1.807, 2.05) is 18.2 Å². The van der Waals surface area contributed by atoms with Crippen LogP contribution in [-0.4, -0.2) is 5.97 Å². The number of esters is 1. The average Bonchev–Trinajstić information content (AvgIpc) is 2.57. The summed E-state index contributed by atoms with van der Waals surface area (Å²) in [6.45, 7) is 6.13. The van der Waals surface area contributed by atoms with E-state index in [0.717, 1.165) is 17.7 Å². The summed E-state index contributed by atoms with van der Waals surface area (Å²) in [4.78, 5) is 11.9. The molecule has 0 amide bonds. The molecular formula is C14H14O2. The third kappa shape index (κ3) is 1.16. The zero-order chi connectivity index (χ0) is 11.3. The summed E-state index contributed by atoms with van der Waals surface area (Å²) in [5.74, 6) is 1.14. The zero-order valence-corrected chi connectivity index (χ0v) is 9.27. The van der Waals surface area contributed by atoms with Crippen molar-refractivity contribution >= 4 is 5.97 Å². The molecule has 0 radical (unpaired) electrons. The summed E-state index contributed by atoms with van der Waals surface area (Å²) < 4.78 is 5.38. The first-order valence-electron chi connectivity index (χ1n) is 5.67. The van der Waals surface area contributed by atoms with Crippen LogP contribution < -0.4 is 4.74 Å². The zero-order valence-electron chi connectivity index (χ0n) is 9.27. The molecule has 16 heavy (non-hydrogen) atoms. The Kier molecular flexibility index (Phi) is 1.93. The fourth-order valence-electron chi connectivity index (χ4n) is 2.93. The highest BCUT2D eigenvalue weighted by atomic mass is 16.5. The molecule has 1 heterocycles. The van der Waals surface area contributed by atoms with Crippen molar-refractivity contribution in [3.63, 3.8) is 0 Å². The van der Waals surface area contributed by atoms with Gasteiger partial charge in [-0.05, 0) is 24.0 Å². The highest BCUT2D eigenvalue weighted by Crippen LogP contribution is 2.51. The number of hydrogen-bond acceptors (Lipinski definition) is 2. The van der Waals surface area contributed by atoms with Gasteiger partial charge in [-0.2, -0.15) is 0 Å². The third-order valence-electron chi connectivity index (χ3n) is 3.90. The lowest BCUT2D eigenvalue weighted by Gasteiger charge is -2.28. The number of allylic oxidation sites excluding steroid dienone is 1. The van der Waals surface area contributed by atoms with Crippen molar-refractivity contribution < 1.29 is 9.53 Å². The molecule has 1 aliphatic heterocycles. The Morgan fingerprint density at radius 1 is 1.38 bits per heavy atom. The Balaban J connectivity index is 2.12. The summed E-state index contributed by atoms with van der Waals surface area (Å²) in [5, 5.41) is 0. The maximum absolute atomic E-state index is 11.9. The van der Waals surface area contributed by atoms with Crippen LogP contribution in [0.4, 0.5) is 0 Å². The summed E-state index contributed by atoms with van der Waals surface area (Å²) >= 11 is 0. The standard InChI is InChI=1S/C14H14O2/c1-8-7-11-10-5-3-4-6-12(10)16-14(15)13(11)9(8)2/h3-6,9,11,13H,1,7H2,2H3. The van der Waals surface area contributed by atoms with Gasteiger partial charge in [0.2, 0.25) is 0 Å². The molecule has 0 spiro atoms. The van der Waals surface area contributed by atoms with Gasteiger partial charge in [-0.15, -0.1) is 0 Å². The number of para-hydroxylation sites is 1. The number of rotatable bonds is 0. The van der Waals surface area contributed by atoms with E-state index in [4.69, 9.17) is 4.74 Å². The first-order chi connectivity index (χ1) is 7.68. The smallest absolute Gasteiger partial charge is 0.315 e. The minimum Gasteiger partial charge on any atom is -0.426 e. The maximum Gasteiger partial charge on any atom is 0.315 e. The van der Waals surface area contributed by atoms with Gasteiger partial charge in [0.05, 0.1) is 5.92 Å². The molecule has 3 unspecified atom stereocenters. The molecule has 0 aromatic heterocycles. The fraction of sp³-hybridized carbons (Fsp3) is 0.357. The predicted molar refractivity (Wildman–Crippen MR) is 61.2 cm³/mol. The quantitative estimate of drug-likeness (QED) is 0.377. The van der Waals surface area contributed by atoms with Crippen molar-refractivity contribution in [3.05, 3.63) is 42.0 Å². The van der Waals surface area contributed by atoms with Crippen LogP contribution in [0.2, 0.25) is 0 Å². The van der Waals surface area contributed by atoms with E-state index in [-0.39, 0.29) is 23.7 Å². The lowest BCUT2D eigenvalue weighted by molar-refractivity contribution is -0.141. The average molecular weight is 214 g/mol. The second-order valence-corrected chi connectivity index (χ2v) is 4.74. The number of ether oxygens (including phenoxy) is 1. The van der Waals surface area contributed by atoms with Gasteiger partial charge in [-0.3, -0.25) is 4.79 Å². The number of fused-ring (bicyclic) bond motifs is 3. The molecule has 1 aromatic rings. The van der Waals surface area contributed by atoms with Gasteiger partial charge in [0.25, 0.3) is 0 Å². The number of benzene rings is 1.